The van der Waals surface area contributed by atoms with Gasteiger partial charge < -0.3 is 0 Å². The summed E-state index contributed by atoms with van der Waals surface area (Å²) in [6.45, 7) is 11.0. The zero-order chi connectivity index (χ0) is 15.5. The normalized spacial score (nSPS) is 14.0. The summed E-state index contributed by atoms with van der Waals surface area (Å²) in [4.78, 5) is 2.46. The van der Waals surface area contributed by atoms with E-state index in [1.165, 1.54) is 15.6 Å². The number of thiophene rings is 1. The summed E-state index contributed by atoms with van der Waals surface area (Å²) in [5.41, 5.74) is 4.46. The highest BCUT2D eigenvalue weighted by Crippen LogP contribution is 2.29. The number of benzene rings is 1. The highest BCUT2D eigenvalue weighted by Gasteiger charge is 2.33. The summed E-state index contributed by atoms with van der Waals surface area (Å²) < 4.78 is 1.35. The van der Waals surface area contributed by atoms with Gasteiger partial charge in [-0.25, -0.2) is 0 Å². The molecule has 1 heterocycles. The van der Waals surface area contributed by atoms with E-state index in [1.54, 1.807) is 0 Å². The molecule has 0 amide bonds. The summed E-state index contributed by atoms with van der Waals surface area (Å²) >= 11 is 1.81. The van der Waals surface area contributed by atoms with Crippen LogP contribution in [0, 0.1) is 0 Å². The second-order valence-corrected chi connectivity index (χ2v) is 6.92. The molecule has 3 nitrogen and oxygen atoms in total. The predicted octanol–water partition coefficient (Wildman–Crippen LogP) is 3.40. The molecule has 0 bridgehead atoms. The van der Waals surface area contributed by atoms with Gasteiger partial charge in [-0.2, -0.15) is 0 Å². The molecule has 0 saturated heterocycles. The van der Waals surface area contributed by atoms with Crippen molar-refractivity contribution in [2.75, 3.05) is 13.1 Å². The molecule has 2 rings (SSSR count). The van der Waals surface area contributed by atoms with Crippen LogP contribution in [0.5, 0.6) is 0 Å². The van der Waals surface area contributed by atoms with Gasteiger partial charge in [0.15, 0.2) is 0 Å². The SMILES string of the molecule is CCN(CC)C(C)(C)C(Cc1csc2ccccc12)NN. The number of hydrogen-bond acceptors (Lipinski definition) is 4. The highest BCUT2D eigenvalue weighted by molar-refractivity contribution is 7.17. The van der Waals surface area contributed by atoms with Gasteiger partial charge >= 0.3 is 0 Å². The van der Waals surface area contributed by atoms with E-state index < -0.39 is 0 Å². The van der Waals surface area contributed by atoms with Gasteiger partial charge in [-0.15, -0.1) is 11.3 Å². The van der Waals surface area contributed by atoms with Gasteiger partial charge in [0.25, 0.3) is 0 Å². The Kier molecular flexibility index (Phi) is 5.38. The summed E-state index contributed by atoms with van der Waals surface area (Å²) in [6.07, 6.45) is 0.948. The first-order chi connectivity index (χ1) is 10.0. The molecule has 0 radical (unpaired) electrons. The summed E-state index contributed by atoms with van der Waals surface area (Å²) in [5.74, 6) is 5.89. The largest absolute Gasteiger partial charge is 0.297 e. The van der Waals surface area contributed by atoms with E-state index in [4.69, 9.17) is 5.84 Å². The molecule has 4 heteroatoms. The summed E-state index contributed by atoms with van der Waals surface area (Å²) in [7, 11) is 0. The van der Waals surface area contributed by atoms with Crippen LogP contribution in [0.3, 0.4) is 0 Å². The minimum Gasteiger partial charge on any atom is -0.297 e. The van der Waals surface area contributed by atoms with Crippen LogP contribution in [0.2, 0.25) is 0 Å². The molecular formula is C17H27N3S. The Labute approximate surface area is 132 Å². The average molecular weight is 305 g/mol. The zero-order valence-electron chi connectivity index (χ0n) is 13.5. The van der Waals surface area contributed by atoms with Crippen LogP contribution in [0.4, 0.5) is 0 Å². The molecule has 3 N–H and O–H groups in total. The van der Waals surface area contributed by atoms with Gasteiger partial charge in [0, 0.05) is 16.3 Å². The fourth-order valence-electron chi connectivity index (χ4n) is 3.18. The average Bonchev–Trinajstić information content (AvgIpc) is 2.88. The minimum absolute atomic E-state index is 0.0152. The number of hydrazine groups is 1. The van der Waals surface area contributed by atoms with Crippen molar-refractivity contribution >= 4 is 21.4 Å². The van der Waals surface area contributed by atoms with Crippen molar-refractivity contribution in [2.24, 2.45) is 5.84 Å². The number of rotatable bonds is 7. The first-order valence-electron chi connectivity index (χ1n) is 7.70. The maximum atomic E-state index is 5.89. The van der Waals surface area contributed by atoms with Crippen molar-refractivity contribution in [3.8, 4) is 0 Å². The standard InChI is InChI=1S/C17H27N3S/c1-5-20(6-2)17(3,4)16(19-18)11-13-12-21-15-10-8-7-9-14(13)15/h7-10,12,16,19H,5-6,11,18H2,1-4H3. The Balaban J connectivity index is 2.26. The van der Waals surface area contributed by atoms with Gasteiger partial charge in [0.2, 0.25) is 0 Å². The molecule has 0 aliphatic carbocycles. The molecule has 116 valence electrons. The van der Waals surface area contributed by atoms with Crippen LogP contribution in [0.25, 0.3) is 10.1 Å². The van der Waals surface area contributed by atoms with E-state index in [0.29, 0.717) is 0 Å². The number of nitrogens with two attached hydrogens (primary N) is 1. The zero-order valence-corrected chi connectivity index (χ0v) is 14.3. The van der Waals surface area contributed by atoms with Crippen molar-refractivity contribution in [1.29, 1.82) is 0 Å². The summed E-state index contributed by atoms with van der Waals surface area (Å²) in [5, 5.41) is 3.63. The van der Waals surface area contributed by atoms with E-state index in [9.17, 15) is 0 Å². The Hall–Kier alpha value is -0.940. The third-order valence-electron chi connectivity index (χ3n) is 4.62. The fraction of sp³-hybridized carbons (Fsp3) is 0.529. The molecule has 0 fully saturated rings. The van der Waals surface area contributed by atoms with Gasteiger partial charge in [-0.1, -0.05) is 32.0 Å². The van der Waals surface area contributed by atoms with E-state index in [2.05, 4.69) is 67.7 Å². The lowest BCUT2D eigenvalue weighted by molar-refractivity contribution is 0.0914. The van der Waals surface area contributed by atoms with Crippen LogP contribution < -0.4 is 11.3 Å². The molecule has 1 unspecified atom stereocenters. The first-order valence-corrected chi connectivity index (χ1v) is 8.58. The second-order valence-electron chi connectivity index (χ2n) is 6.01. The van der Waals surface area contributed by atoms with Crippen molar-refractivity contribution in [2.45, 2.75) is 45.7 Å². The van der Waals surface area contributed by atoms with Crippen molar-refractivity contribution in [1.82, 2.24) is 10.3 Å². The van der Waals surface area contributed by atoms with Crippen molar-refractivity contribution in [3.05, 3.63) is 35.2 Å². The van der Waals surface area contributed by atoms with Gasteiger partial charge in [-0.3, -0.25) is 16.2 Å². The van der Waals surface area contributed by atoms with Gasteiger partial charge in [0.05, 0.1) is 0 Å². The van der Waals surface area contributed by atoms with Crippen LogP contribution in [-0.4, -0.2) is 29.6 Å². The smallest absolute Gasteiger partial charge is 0.0430 e. The minimum atomic E-state index is 0.0152. The molecule has 1 atom stereocenters. The molecule has 0 aliphatic rings. The van der Waals surface area contributed by atoms with Crippen LogP contribution in [0.1, 0.15) is 33.3 Å². The van der Waals surface area contributed by atoms with E-state index in [1.807, 2.05) is 11.3 Å². The Bertz CT molecular complexity index is 572. The van der Waals surface area contributed by atoms with Crippen LogP contribution in [-0.2, 0) is 6.42 Å². The maximum Gasteiger partial charge on any atom is 0.0430 e. The molecule has 0 saturated carbocycles. The molecular weight excluding hydrogens is 278 g/mol. The number of fused-ring (bicyclic) bond motifs is 1. The third-order valence-corrected chi connectivity index (χ3v) is 5.63. The molecule has 1 aromatic carbocycles. The Morgan fingerprint density at radius 2 is 1.90 bits per heavy atom. The fourth-order valence-corrected chi connectivity index (χ4v) is 4.16. The number of likely N-dealkylation sites (N-methyl/N-ethyl adjacent to an activating group) is 1. The van der Waals surface area contributed by atoms with Gasteiger partial charge in [-0.05, 0) is 55.8 Å². The van der Waals surface area contributed by atoms with E-state index >= 15 is 0 Å². The van der Waals surface area contributed by atoms with Crippen molar-refractivity contribution < 1.29 is 0 Å². The Morgan fingerprint density at radius 3 is 2.52 bits per heavy atom. The molecule has 21 heavy (non-hydrogen) atoms. The van der Waals surface area contributed by atoms with Gasteiger partial charge in [0.1, 0.15) is 0 Å². The number of hydrogen-bond donors (Lipinski definition) is 2. The highest BCUT2D eigenvalue weighted by atomic mass is 32.1. The maximum absolute atomic E-state index is 5.89. The third kappa shape index (κ3) is 3.29. The molecule has 0 spiro atoms. The van der Waals surface area contributed by atoms with E-state index in [-0.39, 0.29) is 11.6 Å². The van der Waals surface area contributed by atoms with Crippen LogP contribution >= 0.6 is 11.3 Å². The molecule has 2 aromatic rings. The quantitative estimate of drug-likeness (QED) is 0.608. The monoisotopic (exact) mass is 305 g/mol. The van der Waals surface area contributed by atoms with E-state index in [0.717, 1.165) is 19.5 Å². The van der Waals surface area contributed by atoms with Crippen molar-refractivity contribution in [3.63, 3.8) is 0 Å². The first kappa shape index (κ1) is 16.4. The molecule has 1 aromatic heterocycles. The Morgan fingerprint density at radius 1 is 1.24 bits per heavy atom. The lowest BCUT2D eigenvalue weighted by atomic mass is 9.87. The second kappa shape index (κ2) is 6.88. The number of nitrogens with one attached hydrogen (secondary N) is 1. The molecule has 0 aliphatic heterocycles. The lowest BCUT2D eigenvalue weighted by Gasteiger charge is -2.43. The summed E-state index contributed by atoms with van der Waals surface area (Å²) in [6, 6.07) is 8.82. The lowest BCUT2D eigenvalue weighted by Crippen LogP contribution is -2.60. The topological polar surface area (TPSA) is 41.3 Å². The predicted molar refractivity (Wildman–Crippen MR) is 93.6 cm³/mol. The van der Waals surface area contributed by atoms with Crippen LogP contribution in [0.15, 0.2) is 29.6 Å². The number of nitrogens with zero attached hydrogens (tertiary/aromatic N) is 1.